The Morgan fingerprint density at radius 2 is 1.80 bits per heavy atom. The minimum absolute atomic E-state index is 0.133. The number of nitrogens with two attached hydrogens (primary N) is 1. The molecule has 0 aliphatic carbocycles. The fraction of sp³-hybridized carbons (Fsp3) is 0.269. The molecule has 9 heteroatoms. The number of alkyl carbamates (subject to hydrolysis) is 1. The number of hydrogen-bond donors (Lipinski definition) is 4. The first-order valence-corrected chi connectivity index (χ1v) is 11.5. The van der Waals surface area contributed by atoms with Crippen LogP contribution in [0.2, 0.25) is 0 Å². The molecule has 0 bridgehead atoms. The molecule has 2 aromatic carbocycles. The number of aromatic amines is 2. The Kier molecular flexibility index (Phi) is 7.05. The van der Waals surface area contributed by atoms with Gasteiger partial charge in [0.05, 0.1) is 25.0 Å². The number of carbonyl (C=O) groups is 2. The van der Waals surface area contributed by atoms with Crippen LogP contribution in [0.15, 0.2) is 54.7 Å². The number of amides is 2. The minimum atomic E-state index is -0.636. The number of nitrogens with zero attached hydrogens (tertiary/aromatic N) is 2. The van der Waals surface area contributed by atoms with Crippen LogP contribution in [0.25, 0.3) is 33.4 Å². The van der Waals surface area contributed by atoms with Gasteiger partial charge in [0.1, 0.15) is 12.4 Å². The van der Waals surface area contributed by atoms with Crippen molar-refractivity contribution in [3.05, 3.63) is 60.6 Å². The summed E-state index contributed by atoms with van der Waals surface area (Å²) in [7, 11) is 1.26. The monoisotopic (exact) mass is 474 g/mol. The fourth-order valence-corrected chi connectivity index (χ4v) is 4.08. The van der Waals surface area contributed by atoms with Crippen molar-refractivity contribution in [2.45, 2.75) is 26.3 Å². The summed E-state index contributed by atoms with van der Waals surface area (Å²) in [5.74, 6) is 0.476. The number of methoxy groups -OCH3 is 1. The van der Waals surface area contributed by atoms with E-state index in [4.69, 9.17) is 5.73 Å². The number of nitrogens with one attached hydrogen (secondary N) is 3. The van der Waals surface area contributed by atoms with Gasteiger partial charge in [0, 0.05) is 28.8 Å². The van der Waals surface area contributed by atoms with Crippen LogP contribution < -0.4 is 11.1 Å². The topological polar surface area (TPSA) is 129 Å². The first kappa shape index (κ1) is 23.9. The van der Waals surface area contributed by atoms with Gasteiger partial charge in [-0.2, -0.15) is 0 Å². The zero-order valence-electron chi connectivity index (χ0n) is 20.1. The first-order valence-electron chi connectivity index (χ1n) is 11.5. The zero-order chi connectivity index (χ0) is 24.9. The maximum absolute atomic E-state index is 12.7. The van der Waals surface area contributed by atoms with E-state index in [0.29, 0.717) is 12.4 Å². The van der Waals surface area contributed by atoms with Crippen molar-refractivity contribution in [3.8, 4) is 22.5 Å². The average molecular weight is 475 g/mol. The van der Waals surface area contributed by atoms with Crippen LogP contribution in [-0.4, -0.2) is 52.1 Å². The average Bonchev–Trinajstić information content (AvgIpc) is 3.52. The highest BCUT2D eigenvalue weighted by atomic mass is 16.5. The van der Waals surface area contributed by atoms with Gasteiger partial charge in [-0.15, -0.1) is 0 Å². The van der Waals surface area contributed by atoms with Crippen molar-refractivity contribution in [1.82, 2.24) is 25.2 Å². The number of fused-ring (bicyclic) bond motifs is 1. The summed E-state index contributed by atoms with van der Waals surface area (Å²) in [5, 5.41) is 3.52. The van der Waals surface area contributed by atoms with Crippen molar-refractivity contribution in [1.29, 1.82) is 0 Å². The second kappa shape index (κ2) is 10.3. The second-order valence-corrected chi connectivity index (χ2v) is 8.40. The molecule has 35 heavy (non-hydrogen) atoms. The van der Waals surface area contributed by atoms with Gasteiger partial charge in [0.25, 0.3) is 0 Å². The molecule has 0 saturated carbocycles. The van der Waals surface area contributed by atoms with Crippen LogP contribution in [0.3, 0.4) is 0 Å². The Hall–Kier alpha value is -4.27. The number of ether oxygens (including phenoxy) is 1. The fourth-order valence-electron chi connectivity index (χ4n) is 4.08. The van der Waals surface area contributed by atoms with Crippen molar-refractivity contribution in [3.63, 3.8) is 0 Å². The molecule has 4 rings (SSSR count). The van der Waals surface area contributed by atoms with Crippen molar-refractivity contribution >= 4 is 28.6 Å². The van der Waals surface area contributed by atoms with Crippen LogP contribution in [0.4, 0.5) is 10.5 Å². The minimum Gasteiger partial charge on any atom is -0.453 e. The Bertz CT molecular complexity index is 1320. The molecule has 4 aromatic rings. The Morgan fingerprint density at radius 1 is 1.09 bits per heavy atom. The van der Waals surface area contributed by atoms with Crippen molar-refractivity contribution in [2.24, 2.45) is 0 Å². The number of imidazole rings is 1. The number of anilines is 1. The molecular formula is C26H30N6O3. The van der Waals surface area contributed by atoms with Gasteiger partial charge >= 0.3 is 6.09 Å². The Morgan fingerprint density at radius 3 is 2.49 bits per heavy atom. The molecule has 2 heterocycles. The molecular weight excluding hydrogens is 444 g/mol. The third-order valence-corrected chi connectivity index (χ3v) is 5.96. The maximum atomic E-state index is 12.7. The Labute approximate surface area is 203 Å². The molecule has 0 unspecified atom stereocenters. The summed E-state index contributed by atoms with van der Waals surface area (Å²) >= 11 is 0. The highest BCUT2D eigenvalue weighted by molar-refractivity contribution is 5.88. The molecule has 182 valence electrons. The van der Waals surface area contributed by atoms with E-state index in [1.165, 1.54) is 7.11 Å². The predicted octanol–water partition coefficient (Wildman–Crippen LogP) is 4.46. The SMILES string of the molecule is CCCN(C(=O)CNC(=O)OC)[C@H](C)c1ncc(-c2ccc(-c3cc4cc(N)ccc4[nH]3)cc2)[nH]1. The molecule has 0 spiro atoms. The molecule has 0 saturated heterocycles. The third-order valence-electron chi connectivity index (χ3n) is 5.96. The third kappa shape index (κ3) is 5.29. The molecule has 9 nitrogen and oxygen atoms in total. The van der Waals surface area contributed by atoms with Crippen molar-refractivity contribution < 1.29 is 14.3 Å². The summed E-state index contributed by atoms with van der Waals surface area (Å²) in [5.41, 5.74) is 11.6. The molecule has 0 aliphatic rings. The van der Waals surface area contributed by atoms with Crippen LogP contribution in [-0.2, 0) is 9.53 Å². The number of H-pyrrole nitrogens is 2. The number of rotatable bonds is 8. The van der Waals surface area contributed by atoms with E-state index >= 15 is 0 Å². The van der Waals surface area contributed by atoms with E-state index < -0.39 is 6.09 Å². The summed E-state index contributed by atoms with van der Waals surface area (Å²) in [6.07, 6.45) is 1.92. The molecule has 2 aromatic heterocycles. The van der Waals surface area contributed by atoms with Crippen LogP contribution in [0.1, 0.15) is 32.1 Å². The van der Waals surface area contributed by atoms with Crippen molar-refractivity contribution in [2.75, 3.05) is 25.9 Å². The van der Waals surface area contributed by atoms with E-state index in [9.17, 15) is 9.59 Å². The quantitative estimate of drug-likeness (QED) is 0.280. The lowest BCUT2D eigenvalue weighted by molar-refractivity contribution is -0.132. The highest BCUT2D eigenvalue weighted by Gasteiger charge is 2.23. The largest absolute Gasteiger partial charge is 0.453 e. The molecule has 0 aliphatic heterocycles. The lowest BCUT2D eigenvalue weighted by Gasteiger charge is -2.27. The van der Waals surface area contributed by atoms with Gasteiger partial charge in [-0.05, 0) is 48.7 Å². The van der Waals surface area contributed by atoms with E-state index in [-0.39, 0.29) is 18.5 Å². The number of carbonyl (C=O) groups excluding carboxylic acids is 2. The highest BCUT2D eigenvalue weighted by Crippen LogP contribution is 2.28. The van der Waals surface area contributed by atoms with Gasteiger partial charge < -0.3 is 30.7 Å². The number of benzene rings is 2. The Balaban J connectivity index is 1.49. The summed E-state index contributed by atoms with van der Waals surface area (Å²) in [6.45, 7) is 4.33. The van der Waals surface area contributed by atoms with Gasteiger partial charge in [-0.25, -0.2) is 9.78 Å². The molecule has 0 radical (unpaired) electrons. The normalized spacial score (nSPS) is 11.9. The summed E-state index contributed by atoms with van der Waals surface area (Å²) in [4.78, 5) is 37.0. The van der Waals surface area contributed by atoms with Gasteiger partial charge in [0.15, 0.2) is 0 Å². The summed E-state index contributed by atoms with van der Waals surface area (Å²) < 4.78 is 4.55. The molecule has 2 amide bonds. The smallest absolute Gasteiger partial charge is 0.407 e. The molecule has 0 fully saturated rings. The van der Waals surface area contributed by atoms with Gasteiger partial charge in [-0.3, -0.25) is 4.79 Å². The molecule has 5 N–H and O–H groups in total. The molecule has 1 atom stereocenters. The predicted molar refractivity (Wildman–Crippen MR) is 137 cm³/mol. The van der Waals surface area contributed by atoms with Gasteiger partial charge in [0.2, 0.25) is 5.91 Å². The summed E-state index contributed by atoms with van der Waals surface area (Å²) in [6, 6.07) is 15.8. The maximum Gasteiger partial charge on any atom is 0.407 e. The lowest BCUT2D eigenvalue weighted by atomic mass is 10.1. The number of aromatic nitrogens is 3. The van der Waals surface area contributed by atoms with E-state index in [1.54, 1.807) is 11.1 Å². The van der Waals surface area contributed by atoms with Crippen LogP contribution in [0, 0.1) is 0 Å². The lowest BCUT2D eigenvalue weighted by Crippen LogP contribution is -2.42. The second-order valence-electron chi connectivity index (χ2n) is 8.40. The van der Waals surface area contributed by atoms with E-state index in [2.05, 4.69) is 43.2 Å². The first-order chi connectivity index (χ1) is 16.9. The van der Waals surface area contributed by atoms with Crippen LogP contribution >= 0.6 is 0 Å². The standard InChI is InChI=1S/C26H30N6O3/c1-4-11-32(24(33)15-29-26(34)35-3)16(2)25-28-14-23(31-25)18-7-5-17(6-8-18)22-13-19-12-20(27)9-10-21(19)30-22/h5-10,12-14,16,30H,4,11,15,27H2,1-3H3,(H,28,31)(H,29,34)/t16-/m1/s1. The van der Waals surface area contributed by atoms with Gasteiger partial charge in [-0.1, -0.05) is 31.2 Å². The van der Waals surface area contributed by atoms with E-state index in [1.807, 2.05) is 44.2 Å². The zero-order valence-corrected chi connectivity index (χ0v) is 20.1. The van der Waals surface area contributed by atoms with E-state index in [0.717, 1.165) is 45.5 Å². The number of nitrogen functional groups attached to an aromatic ring is 1. The number of hydrogen-bond acceptors (Lipinski definition) is 5. The van der Waals surface area contributed by atoms with Crippen LogP contribution in [0.5, 0.6) is 0 Å².